The van der Waals surface area contributed by atoms with Crippen LogP contribution in [0.3, 0.4) is 0 Å². The van der Waals surface area contributed by atoms with Gasteiger partial charge in [-0.3, -0.25) is 4.79 Å². The molecule has 0 atom stereocenters. The lowest BCUT2D eigenvalue weighted by Gasteiger charge is -2.28. The monoisotopic (exact) mass is 392 g/mol. The van der Waals surface area contributed by atoms with Crippen LogP contribution in [0.4, 0.5) is 0 Å². The minimum atomic E-state index is -2.98. The predicted molar refractivity (Wildman–Crippen MR) is 113 cm³/mol. The van der Waals surface area contributed by atoms with E-state index in [1.165, 1.54) is 24.0 Å². The summed E-state index contributed by atoms with van der Waals surface area (Å²) in [5.74, 6) is 1.01. The van der Waals surface area contributed by atoms with E-state index in [-0.39, 0.29) is 22.8 Å². The van der Waals surface area contributed by atoms with Crippen molar-refractivity contribution < 1.29 is 13.2 Å². The van der Waals surface area contributed by atoms with E-state index >= 15 is 0 Å². The van der Waals surface area contributed by atoms with Crippen LogP contribution in [0, 0.1) is 11.8 Å². The second-order valence-corrected chi connectivity index (χ2v) is 11.1. The molecule has 27 heavy (non-hydrogen) atoms. The molecule has 152 valence electrons. The van der Waals surface area contributed by atoms with Gasteiger partial charge < -0.3 is 0 Å². The van der Waals surface area contributed by atoms with E-state index < -0.39 is 9.84 Å². The average Bonchev–Trinajstić information content (AvgIpc) is 2.65. The Morgan fingerprint density at radius 2 is 1.56 bits per heavy atom. The fourth-order valence-electron chi connectivity index (χ4n) is 3.90. The minimum Gasteiger partial charge on any atom is -0.299 e. The third-order valence-electron chi connectivity index (χ3n) is 5.99. The second-order valence-electron chi connectivity index (χ2n) is 8.48. The van der Waals surface area contributed by atoms with Gasteiger partial charge in [-0.25, -0.2) is 8.42 Å². The zero-order valence-electron chi connectivity index (χ0n) is 17.2. The van der Waals surface area contributed by atoms with Crippen molar-refractivity contribution >= 4 is 15.6 Å². The number of unbranched alkanes of at least 4 members (excludes halogenated alkanes) is 1. The van der Waals surface area contributed by atoms with Crippen molar-refractivity contribution in [2.75, 3.05) is 5.75 Å². The summed E-state index contributed by atoms with van der Waals surface area (Å²) >= 11 is 0. The maximum Gasteiger partial charge on any atom is 0.152 e. The Morgan fingerprint density at radius 1 is 1.00 bits per heavy atom. The van der Waals surface area contributed by atoms with Crippen LogP contribution in [0.2, 0.25) is 0 Å². The van der Waals surface area contributed by atoms with Crippen molar-refractivity contribution in [2.24, 2.45) is 11.8 Å². The molecular weight excluding hydrogens is 356 g/mol. The highest BCUT2D eigenvalue weighted by Crippen LogP contribution is 2.31. The summed E-state index contributed by atoms with van der Waals surface area (Å²) in [5.41, 5.74) is 2.61. The Morgan fingerprint density at radius 3 is 2.07 bits per heavy atom. The normalized spacial score (nSPS) is 20.7. The van der Waals surface area contributed by atoms with Gasteiger partial charge in [-0.15, -0.1) is 0 Å². The summed E-state index contributed by atoms with van der Waals surface area (Å²) in [6.07, 6.45) is 8.43. The number of rotatable bonds is 10. The molecule has 0 bridgehead atoms. The molecule has 2 rings (SSSR count). The fourth-order valence-corrected chi connectivity index (χ4v) is 5.27. The largest absolute Gasteiger partial charge is 0.299 e. The molecule has 0 spiro atoms. The molecule has 4 heteroatoms. The quantitative estimate of drug-likeness (QED) is 0.552. The molecule has 0 saturated heterocycles. The van der Waals surface area contributed by atoms with Crippen LogP contribution >= 0.6 is 0 Å². The number of ketones is 1. The molecule has 1 aromatic rings. The number of hydrogen-bond acceptors (Lipinski definition) is 3. The highest BCUT2D eigenvalue weighted by molar-refractivity contribution is 7.91. The SMILES string of the molecule is CCCCc1ccc(CCC(=O)C2CCC(CS(=O)(=O)C(C)C)CC2)cc1. The Bertz CT molecular complexity index is 681. The summed E-state index contributed by atoms with van der Waals surface area (Å²) in [4.78, 5) is 12.6. The van der Waals surface area contributed by atoms with Crippen LogP contribution in [0.25, 0.3) is 0 Å². The van der Waals surface area contributed by atoms with E-state index in [4.69, 9.17) is 0 Å². The number of carbonyl (C=O) groups excluding carboxylic acids is 1. The van der Waals surface area contributed by atoms with Crippen molar-refractivity contribution in [3.63, 3.8) is 0 Å². The second kappa shape index (κ2) is 10.4. The Balaban J connectivity index is 1.74. The van der Waals surface area contributed by atoms with Crippen LogP contribution in [0.5, 0.6) is 0 Å². The van der Waals surface area contributed by atoms with Crippen LogP contribution in [0.1, 0.15) is 76.8 Å². The lowest BCUT2D eigenvalue weighted by molar-refractivity contribution is -0.124. The molecule has 0 aliphatic heterocycles. The summed E-state index contributed by atoms with van der Waals surface area (Å²) in [6.45, 7) is 5.71. The zero-order chi connectivity index (χ0) is 19.9. The summed E-state index contributed by atoms with van der Waals surface area (Å²) in [7, 11) is -2.98. The molecule has 1 aromatic carbocycles. The molecule has 0 unspecified atom stereocenters. The minimum absolute atomic E-state index is 0.131. The molecule has 0 heterocycles. The standard InChI is InChI=1S/C23H36O3S/c1-4-5-6-19-7-9-20(10-8-19)13-16-23(24)22-14-11-21(12-15-22)17-27(25,26)18(2)3/h7-10,18,21-22H,4-6,11-17H2,1-3H3. The first kappa shape index (κ1) is 22.1. The molecule has 0 radical (unpaired) electrons. The maximum atomic E-state index is 12.6. The van der Waals surface area contributed by atoms with Gasteiger partial charge >= 0.3 is 0 Å². The topological polar surface area (TPSA) is 51.2 Å². The van der Waals surface area contributed by atoms with Crippen molar-refractivity contribution in [1.82, 2.24) is 0 Å². The van der Waals surface area contributed by atoms with Gasteiger partial charge in [-0.05, 0) is 75.8 Å². The fraction of sp³-hybridized carbons (Fsp3) is 0.696. The zero-order valence-corrected chi connectivity index (χ0v) is 18.1. The number of benzene rings is 1. The molecule has 1 fully saturated rings. The number of sulfone groups is 1. The summed E-state index contributed by atoms with van der Waals surface area (Å²) in [5, 5.41) is -0.301. The van der Waals surface area contributed by atoms with Gasteiger partial charge in [0, 0.05) is 12.3 Å². The third kappa shape index (κ3) is 7.06. The molecule has 1 saturated carbocycles. The van der Waals surface area contributed by atoms with Crippen LogP contribution in [-0.4, -0.2) is 25.2 Å². The van der Waals surface area contributed by atoms with Crippen molar-refractivity contribution in [3.8, 4) is 0 Å². The number of Topliss-reactive ketones (excluding diaryl/α,β-unsaturated/α-hetero) is 1. The van der Waals surface area contributed by atoms with E-state index in [1.54, 1.807) is 13.8 Å². The molecule has 3 nitrogen and oxygen atoms in total. The van der Waals surface area contributed by atoms with Crippen molar-refractivity contribution in [1.29, 1.82) is 0 Å². The van der Waals surface area contributed by atoms with E-state index in [9.17, 15) is 13.2 Å². The Hall–Kier alpha value is -1.16. The first-order valence-electron chi connectivity index (χ1n) is 10.6. The summed E-state index contributed by atoms with van der Waals surface area (Å²) < 4.78 is 24.2. The average molecular weight is 393 g/mol. The van der Waals surface area contributed by atoms with E-state index in [2.05, 4.69) is 31.2 Å². The van der Waals surface area contributed by atoms with Crippen molar-refractivity contribution in [3.05, 3.63) is 35.4 Å². The Labute approximate surface area is 165 Å². The van der Waals surface area contributed by atoms with Gasteiger partial charge in [0.2, 0.25) is 0 Å². The lowest BCUT2D eigenvalue weighted by Crippen LogP contribution is -2.28. The Kier molecular flexibility index (Phi) is 8.53. The van der Waals surface area contributed by atoms with Crippen LogP contribution in [0.15, 0.2) is 24.3 Å². The highest BCUT2D eigenvalue weighted by Gasteiger charge is 2.29. The number of carbonyl (C=O) groups is 1. The van der Waals surface area contributed by atoms with E-state index in [1.807, 2.05) is 0 Å². The van der Waals surface area contributed by atoms with E-state index in [0.717, 1.165) is 38.5 Å². The molecule has 0 amide bonds. The van der Waals surface area contributed by atoms with Crippen molar-refractivity contribution in [2.45, 2.75) is 83.8 Å². The first-order valence-corrected chi connectivity index (χ1v) is 12.4. The molecule has 1 aliphatic rings. The van der Waals surface area contributed by atoms with Gasteiger partial charge in [-0.1, -0.05) is 37.6 Å². The highest BCUT2D eigenvalue weighted by atomic mass is 32.2. The first-order chi connectivity index (χ1) is 12.8. The molecular formula is C23H36O3S. The maximum absolute atomic E-state index is 12.6. The molecule has 1 aliphatic carbocycles. The predicted octanol–water partition coefficient (Wildman–Crippen LogP) is 5.16. The van der Waals surface area contributed by atoms with Gasteiger partial charge in [0.15, 0.2) is 9.84 Å². The lowest BCUT2D eigenvalue weighted by atomic mass is 9.79. The molecule has 0 N–H and O–H groups in total. The van der Waals surface area contributed by atoms with Crippen LogP contribution in [-0.2, 0) is 27.5 Å². The number of aryl methyl sites for hydroxylation is 2. The number of hydrogen-bond donors (Lipinski definition) is 0. The molecule has 0 aromatic heterocycles. The van der Waals surface area contributed by atoms with Gasteiger partial charge in [0.05, 0.1) is 11.0 Å². The third-order valence-corrected chi connectivity index (χ3v) is 8.36. The van der Waals surface area contributed by atoms with E-state index in [0.29, 0.717) is 12.2 Å². The van der Waals surface area contributed by atoms with Gasteiger partial charge in [-0.2, -0.15) is 0 Å². The smallest absolute Gasteiger partial charge is 0.152 e. The summed E-state index contributed by atoms with van der Waals surface area (Å²) in [6, 6.07) is 8.70. The van der Waals surface area contributed by atoms with Crippen LogP contribution < -0.4 is 0 Å². The van der Waals surface area contributed by atoms with Gasteiger partial charge in [0.1, 0.15) is 5.78 Å². The van der Waals surface area contributed by atoms with Gasteiger partial charge in [0.25, 0.3) is 0 Å².